The summed E-state index contributed by atoms with van der Waals surface area (Å²) in [4.78, 5) is 15.5. The Bertz CT molecular complexity index is 919. The van der Waals surface area contributed by atoms with Crippen molar-refractivity contribution in [2.45, 2.75) is 103 Å². The molecule has 2 aliphatic rings. The maximum absolute atomic E-state index is 13.6. The van der Waals surface area contributed by atoms with Gasteiger partial charge in [-0.25, -0.2) is 4.79 Å². The van der Waals surface area contributed by atoms with Gasteiger partial charge in [-0.2, -0.15) is 0 Å². The smallest absolute Gasteiger partial charge is 0.411 e. The highest BCUT2D eigenvalue weighted by molar-refractivity contribution is 6.74. The van der Waals surface area contributed by atoms with Gasteiger partial charge in [-0.15, -0.1) is 0 Å². The highest BCUT2D eigenvalue weighted by Gasteiger charge is 2.55. The lowest BCUT2D eigenvalue weighted by Crippen LogP contribution is -2.52. The minimum absolute atomic E-state index is 0.0245. The van der Waals surface area contributed by atoms with Gasteiger partial charge in [0, 0.05) is 5.56 Å². The quantitative estimate of drug-likeness (QED) is 0.230. The highest BCUT2D eigenvalue weighted by Crippen LogP contribution is 2.52. The first-order valence-corrected chi connectivity index (χ1v) is 14.8. The van der Waals surface area contributed by atoms with Gasteiger partial charge in [0.15, 0.2) is 8.32 Å². The summed E-state index contributed by atoms with van der Waals surface area (Å²) >= 11 is 0. The molecule has 1 heterocycles. The average molecular weight is 476 g/mol. The van der Waals surface area contributed by atoms with Crippen molar-refractivity contribution in [2.24, 2.45) is 0 Å². The molecule has 1 spiro atoms. The number of fused-ring (bicyclic) bond motifs is 2. The van der Waals surface area contributed by atoms with E-state index in [9.17, 15) is 10.0 Å². The van der Waals surface area contributed by atoms with Crippen molar-refractivity contribution in [1.82, 2.24) is 10.4 Å². The third-order valence-corrected chi connectivity index (χ3v) is 12.1. The van der Waals surface area contributed by atoms with Crippen molar-refractivity contribution in [3.05, 3.63) is 34.9 Å². The molecule has 1 aliphatic carbocycles. The van der Waals surface area contributed by atoms with Crippen molar-refractivity contribution >= 4 is 20.2 Å². The average Bonchev–Trinajstić information content (AvgIpc) is 3.25. The number of amides is 1. The zero-order valence-corrected chi connectivity index (χ0v) is 22.5. The Morgan fingerprint density at radius 2 is 1.91 bits per heavy atom. The Morgan fingerprint density at radius 1 is 1.24 bits per heavy atom. The topological polar surface area (TPSA) is 94.9 Å². The van der Waals surface area contributed by atoms with Gasteiger partial charge in [0.1, 0.15) is 11.4 Å². The number of ether oxygens (including phenoxy) is 1. The first kappa shape index (κ1) is 25.7. The fourth-order valence-corrected chi connectivity index (χ4v) is 5.92. The van der Waals surface area contributed by atoms with Crippen LogP contribution < -0.4 is 5.48 Å². The molecule has 1 aliphatic heterocycles. The van der Waals surface area contributed by atoms with E-state index in [1.165, 1.54) is 0 Å². The summed E-state index contributed by atoms with van der Waals surface area (Å²) in [6.07, 6.45) is 2.87. The van der Waals surface area contributed by atoms with Crippen LogP contribution in [-0.4, -0.2) is 48.6 Å². The number of amidine groups is 1. The van der Waals surface area contributed by atoms with Crippen LogP contribution in [0.15, 0.2) is 18.2 Å². The standard InChI is InChI=1S/C25H41N3O4Si/c1-23(2,3)32-22(29)28-17(16-31-33(7,8)24(4,5)6)12-14-25(28)15-13-18-19(21(26)27-30)10-9-11-20(18)25/h9-11,17,30H,12-16H2,1-8H3,(H2,26,27). The number of nitrogens with zero attached hydrogens (tertiary/aromatic N) is 1. The highest BCUT2D eigenvalue weighted by atomic mass is 28.4. The summed E-state index contributed by atoms with van der Waals surface area (Å²) in [7, 11) is -1.98. The van der Waals surface area contributed by atoms with Crippen LogP contribution in [-0.2, 0) is 21.1 Å². The molecule has 0 saturated carbocycles. The van der Waals surface area contributed by atoms with Crippen LogP contribution in [0.1, 0.15) is 77.5 Å². The number of hydrogen-bond donors (Lipinski definition) is 3. The maximum atomic E-state index is 13.6. The van der Waals surface area contributed by atoms with Crippen molar-refractivity contribution in [1.29, 1.82) is 5.41 Å². The van der Waals surface area contributed by atoms with Gasteiger partial charge in [-0.3, -0.25) is 21.0 Å². The molecule has 3 N–H and O–H groups in total. The van der Waals surface area contributed by atoms with E-state index >= 15 is 0 Å². The van der Waals surface area contributed by atoms with E-state index in [1.807, 2.05) is 43.3 Å². The van der Waals surface area contributed by atoms with Crippen LogP contribution >= 0.6 is 0 Å². The lowest BCUT2D eigenvalue weighted by atomic mass is 9.88. The number of benzene rings is 1. The van der Waals surface area contributed by atoms with Crippen molar-refractivity contribution < 1.29 is 19.2 Å². The molecule has 33 heavy (non-hydrogen) atoms. The number of likely N-dealkylation sites (tertiary alicyclic amines) is 1. The van der Waals surface area contributed by atoms with E-state index < -0.39 is 19.5 Å². The Labute approximate surface area is 199 Å². The Morgan fingerprint density at radius 3 is 2.48 bits per heavy atom. The summed E-state index contributed by atoms with van der Waals surface area (Å²) in [6.45, 7) is 17.3. The molecule has 1 aromatic carbocycles. The van der Waals surface area contributed by atoms with Crippen LogP contribution in [0.4, 0.5) is 4.79 Å². The zero-order chi connectivity index (χ0) is 24.8. The predicted molar refractivity (Wildman–Crippen MR) is 132 cm³/mol. The molecule has 184 valence electrons. The van der Waals surface area contributed by atoms with Gasteiger partial charge >= 0.3 is 6.09 Å². The van der Waals surface area contributed by atoms with E-state index in [4.69, 9.17) is 14.6 Å². The van der Waals surface area contributed by atoms with Gasteiger partial charge in [0.05, 0.1) is 18.2 Å². The first-order valence-electron chi connectivity index (χ1n) is 11.9. The summed E-state index contributed by atoms with van der Waals surface area (Å²) < 4.78 is 12.5. The molecule has 2 atom stereocenters. The van der Waals surface area contributed by atoms with Crippen LogP contribution in [0.2, 0.25) is 18.1 Å². The molecular formula is C25H41N3O4Si. The summed E-state index contributed by atoms with van der Waals surface area (Å²) in [5, 5.41) is 17.5. The number of hydrogen-bond acceptors (Lipinski definition) is 5. The van der Waals surface area contributed by atoms with Crippen molar-refractivity contribution in [3.8, 4) is 0 Å². The third kappa shape index (κ3) is 4.84. The molecule has 3 rings (SSSR count). The maximum Gasteiger partial charge on any atom is 0.411 e. The van der Waals surface area contributed by atoms with E-state index in [0.29, 0.717) is 12.2 Å². The molecule has 0 radical (unpaired) electrons. The monoisotopic (exact) mass is 475 g/mol. The molecule has 7 nitrogen and oxygen atoms in total. The fourth-order valence-electron chi connectivity index (χ4n) is 4.88. The first-order chi connectivity index (χ1) is 15.1. The molecule has 1 aromatic rings. The molecule has 0 aromatic heterocycles. The van der Waals surface area contributed by atoms with Gasteiger partial charge in [0.25, 0.3) is 0 Å². The molecular weight excluding hydrogens is 434 g/mol. The number of hydroxylamine groups is 1. The summed E-state index contributed by atoms with van der Waals surface area (Å²) in [5.41, 5.74) is 3.65. The van der Waals surface area contributed by atoms with Crippen LogP contribution in [0.3, 0.4) is 0 Å². The van der Waals surface area contributed by atoms with Crippen LogP contribution in [0.25, 0.3) is 0 Å². The number of rotatable bonds is 4. The molecule has 1 amide bonds. The largest absolute Gasteiger partial charge is 0.444 e. The normalized spacial score (nSPS) is 23.1. The van der Waals surface area contributed by atoms with E-state index in [0.717, 1.165) is 36.8 Å². The predicted octanol–water partition coefficient (Wildman–Crippen LogP) is 5.55. The Kier molecular flexibility index (Phi) is 6.78. The third-order valence-electron chi connectivity index (χ3n) is 7.60. The minimum Gasteiger partial charge on any atom is -0.444 e. The van der Waals surface area contributed by atoms with E-state index in [2.05, 4.69) is 39.9 Å². The molecule has 1 fully saturated rings. The lowest BCUT2D eigenvalue weighted by Gasteiger charge is -2.42. The van der Waals surface area contributed by atoms with Gasteiger partial charge < -0.3 is 9.16 Å². The van der Waals surface area contributed by atoms with Crippen LogP contribution in [0, 0.1) is 5.41 Å². The SMILES string of the molecule is CC(C)(C)OC(=O)N1C(CO[Si](C)(C)C(C)(C)C)CCC12CCc1c(C(=N)NO)cccc12. The second kappa shape index (κ2) is 8.71. The Hall–Kier alpha value is -1.90. The number of carbonyl (C=O) groups is 1. The van der Waals surface area contributed by atoms with Gasteiger partial charge in [0.2, 0.25) is 0 Å². The molecule has 0 bridgehead atoms. The van der Waals surface area contributed by atoms with E-state index in [1.54, 1.807) is 0 Å². The summed E-state index contributed by atoms with van der Waals surface area (Å²) in [5.74, 6) is -0.0245. The van der Waals surface area contributed by atoms with Crippen LogP contribution in [0.5, 0.6) is 0 Å². The van der Waals surface area contributed by atoms with E-state index in [-0.39, 0.29) is 23.0 Å². The second-order valence-electron chi connectivity index (χ2n) is 12.0. The number of carbonyl (C=O) groups excluding carboxylic acids is 1. The second-order valence-corrected chi connectivity index (χ2v) is 16.8. The Balaban J connectivity index is 2.00. The summed E-state index contributed by atoms with van der Waals surface area (Å²) in [6, 6.07) is 5.73. The van der Waals surface area contributed by atoms with Crippen molar-refractivity contribution in [3.63, 3.8) is 0 Å². The molecule has 2 unspecified atom stereocenters. The molecule has 1 saturated heterocycles. The van der Waals surface area contributed by atoms with Gasteiger partial charge in [-0.1, -0.05) is 39.0 Å². The lowest BCUT2D eigenvalue weighted by molar-refractivity contribution is -0.00912. The van der Waals surface area contributed by atoms with Crippen molar-refractivity contribution in [2.75, 3.05) is 6.61 Å². The number of nitrogens with one attached hydrogen (secondary N) is 2. The van der Waals surface area contributed by atoms with Gasteiger partial charge in [-0.05, 0) is 75.7 Å². The fraction of sp³-hybridized carbons (Fsp3) is 0.680. The zero-order valence-electron chi connectivity index (χ0n) is 21.5. The molecule has 8 heteroatoms. The minimum atomic E-state index is -1.98.